The lowest BCUT2D eigenvalue weighted by Gasteiger charge is -2.16. The SMILES string of the molecule is COCCNS(=O)(=O)Nc1ncnc(OCCOc2ncc(Br)cn2)c1-c1ccc2c(c1)OCC2. The molecule has 35 heavy (non-hydrogen) atoms. The van der Waals surface area contributed by atoms with E-state index in [9.17, 15) is 8.42 Å². The molecule has 2 N–H and O–H groups in total. The molecule has 186 valence electrons. The predicted molar refractivity (Wildman–Crippen MR) is 130 cm³/mol. The highest BCUT2D eigenvalue weighted by molar-refractivity contribution is 9.10. The van der Waals surface area contributed by atoms with E-state index in [1.807, 2.05) is 18.2 Å². The fourth-order valence-electron chi connectivity index (χ4n) is 3.23. The van der Waals surface area contributed by atoms with Gasteiger partial charge in [0.05, 0.1) is 23.2 Å². The lowest BCUT2D eigenvalue weighted by molar-refractivity contribution is 0.202. The molecule has 2 aromatic heterocycles. The molecule has 0 spiro atoms. The monoisotopic (exact) mass is 566 g/mol. The minimum absolute atomic E-state index is 0.0509. The third-order valence-electron chi connectivity index (χ3n) is 4.78. The van der Waals surface area contributed by atoms with Crippen molar-refractivity contribution < 1.29 is 27.4 Å². The average Bonchev–Trinajstić information content (AvgIpc) is 3.31. The number of rotatable bonds is 12. The minimum atomic E-state index is -3.93. The molecular formula is C21H23BrN6O6S. The Kier molecular flexibility index (Phi) is 8.28. The number of halogens is 1. The number of fused-ring (bicyclic) bond motifs is 1. The van der Waals surface area contributed by atoms with Crippen molar-refractivity contribution in [3.05, 3.63) is 47.0 Å². The van der Waals surface area contributed by atoms with Crippen LogP contribution in [0.15, 0.2) is 41.4 Å². The van der Waals surface area contributed by atoms with Gasteiger partial charge in [0, 0.05) is 32.5 Å². The number of aromatic nitrogens is 4. The number of methoxy groups -OCH3 is 1. The molecule has 0 fully saturated rings. The normalized spacial score (nSPS) is 12.6. The molecule has 1 aliphatic rings. The van der Waals surface area contributed by atoms with E-state index < -0.39 is 10.2 Å². The summed E-state index contributed by atoms with van der Waals surface area (Å²) in [6.07, 6.45) is 5.17. The molecule has 0 aliphatic carbocycles. The zero-order chi connectivity index (χ0) is 24.7. The van der Waals surface area contributed by atoms with E-state index in [0.717, 1.165) is 22.2 Å². The summed E-state index contributed by atoms with van der Waals surface area (Å²) >= 11 is 3.26. The molecule has 12 nitrogen and oxygen atoms in total. The van der Waals surface area contributed by atoms with Crippen molar-refractivity contribution in [1.82, 2.24) is 24.7 Å². The Morgan fingerprint density at radius 1 is 1.09 bits per heavy atom. The zero-order valence-corrected chi connectivity index (χ0v) is 21.1. The van der Waals surface area contributed by atoms with Gasteiger partial charge in [0.15, 0.2) is 5.82 Å². The predicted octanol–water partition coefficient (Wildman–Crippen LogP) is 1.98. The summed E-state index contributed by atoms with van der Waals surface area (Å²) in [4.78, 5) is 16.5. The van der Waals surface area contributed by atoms with Crippen LogP contribution in [0.3, 0.4) is 0 Å². The number of anilines is 1. The number of hydrogen-bond donors (Lipinski definition) is 2. The summed E-state index contributed by atoms with van der Waals surface area (Å²) in [5.74, 6) is 0.947. The van der Waals surface area contributed by atoms with Crippen molar-refractivity contribution in [3.63, 3.8) is 0 Å². The fraction of sp³-hybridized carbons (Fsp3) is 0.333. The van der Waals surface area contributed by atoms with Gasteiger partial charge in [-0.1, -0.05) is 12.1 Å². The molecular weight excluding hydrogens is 544 g/mol. The second-order valence-electron chi connectivity index (χ2n) is 7.20. The molecule has 0 saturated carbocycles. The van der Waals surface area contributed by atoms with Crippen LogP contribution in [0.4, 0.5) is 5.82 Å². The van der Waals surface area contributed by atoms with Crippen molar-refractivity contribution in [2.75, 3.05) is 44.8 Å². The van der Waals surface area contributed by atoms with Crippen molar-refractivity contribution in [1.29, 1.82) is 0 Å². The van der Waals surface area contributed by atoms with Crippen molar-refractivity contribution in [2.45, 2.75) is 6.42 Å². The molecule has 1 aliphatic heterocycles. The quantitative estimate of drug-likeness (QED) is 0.312. The Balaban J connectivity index is 1.56. The van der Waals surface area contributed by atoms with Gasteiger partial charge in [-0.3, -0.25) is 4.72 Å². The molecule has 0 radical (unpaired) electrons. The van der Waals surface area contributed by atoms with E-state index in [-0.39, 0.29) is 44.1 Å². The Labute approximate surface area is 210 Å². The lowest BCUT2D eigenvalue weighted by atomic mass is 10.0. The Morgan fingerprint density at radius 2 is 1.89 bits per heavy atom. The molecule has 3 heterocycles. The largest absolute Gasteiger partial charge is 0.493 e. The molecule has 4 rings (SSSR count). The van der Waals surface area contributed by atoms with Gasteiger partial charge in [-0.2, -0.15) is 13.1 Å². The van der Waals surface area contributed by atoms with E-state index in [4.69, 9.17) is 18.9 Å². The molecule has 0 amide bonds. The number of benzene rings is 1. The Bertz CT molecular complexity index is 1260. The number of nitrogens with zero attached hydrogens (tertiary/aromatic N) is 4. The smallest absolute Gasteiger partial charge is 0.316 e. The highest BCUT2D eigenvalue weighted by Gasteiger charge is 2.22. The molecule has 3 aromatic rings. The maximum absolute atomic E-state index is 12.6. The maximum atomic E-state index is 12.6. The highest BCUT2D eigenvalue weighted by Crippen LogP contribution is 2.38. The Morgan fingerprint density at radius 3 is 2.69 bits per heavy atom. The first-order valence-electron chi connectivity index (χ1n) is 10.6. The van der Waals surface area contributed by atoms with E-state index >= 15 is 0 Å². The van der Waals surface area contributed by atoms with Crippen molar-refractivity contribution in [3.8, 4) is 28.8 Å². The second kappa shape index (κ2) is 11.6. The molecule has 14 heteroatoms. The molecule has 0 unspecified atom stereocenters. The van der Waals surface area contributed by atoms with Crippen LogP contribution in [0.25, 0.3) is 11.1 Å². The van der Waals surface area contributed by atoms with Crippen molar-refractivity contribution in [2.24, 2.45) is 0 Å². The summed E-state index contributed by atoms with van der Waals surface area (Å²) in [5.41, 5.74) is 2.06. The van der Waals surface area contributed by atoms with E-state index in [0.29, 0.717) is 17.7 Å². The summed E-state index contributed by atoms with van der Waals surface area (Å²) in [5, 5.41) is 0. The summed E-state index contributed by atoms with van der Waals surface area (Å²) in [6.45, 7) is 1.14. The van der Waals surface area contributed by atoms with Crippen LogP contribution in [-0.4, -0.2) is 68.4 Å². The van der Waals surface area contributed by atoms with Gasteiger partial charge in [-0.05, 0) is 33.1 Å². The zero-order valence-electron chi connectivity index (χ0n) is 18.7. The van der Waals surface area contributed by atoms with E-state index in [2.05, 4.69) is 45.3 Å². The molecule has 0 bridgehead atoms. The summed E-state index contributed by atoms with van der Waals surface area (Å²) in [6, 6.07) is 5.79. The molecule has 0 atom stereocenters. The summed E-state index contributed by atoms with van der Waals surface area (Å²) < 4.78 is 52.6. The van der Waals surface area contributed by atoms with Gasteiger partial charge in [0.1, 0.15) is 25.3 Å². The first-order valence-corrected chi connectivity index (χ1v) is 12.8. The van der Waals surface area contributed by atoms with E-state index in [1.165, 1.54) is 13.4 Å². The minimum Gasteiger partial charge on any atom is -0.493 e. The summed E-state index contributed by atoms with van der Waals surface area (Å²) in [7, 11) is -2.45. The molecule has 1 aromatic carbocycles. The van der Waals surface area contributed by atoms with Gasteiger partial charge in [-0.25, -0.2) is 19.9 Å². The third-order valence-corrected chi connectivity index (χ3v) is 6.23. The number of nitrogens with one attached hydrogen (secondary N) is 2. The van der Waals surface area contributed by atoms with Gasteiger partial charge < -0.3 is 18.9 Å². The second-order valence-corrected chi connectivity index (χ2v) is 9.61. The van der Waals surface area contributed by atoms with Crippen LogP contribution in [0.5, 0.6) is 17.6 Å². The first kappa shape index (κ1) is 25.0. The van der Waals surface area contributed by atoms with Crippen LogP contribution in [0.1, 0.15) is 5.56 Å². The van der Waals surface area contributed by atoms with Crippen LogP contribution in [-0.2, 0) is 21.4 Å². The number of ether oxygens (including phenoxy) is 4. The van der Waals surface area contributed by atoms with Crippen LogP contribution >= 0.6 is 15.9 Å². The fourth-order valence-corrected chi connectivity index (χ4v) is 4.26. The molecule has 0 saturated heterocycles. The van der Waals surface area contributed by atoms with Crippen molar-refractivity contribution >= 4 is 32.0 Å². The number of hydrogen-bond acceptors (Lipinski definition) is 10. The first-order chi connectivity index (χ1) is 16.9. The van der Waals surface area contributed by atoms with Gasteiger partial charge >= 0.3 is 6.01 Å². The lowest BCUT2D eigenvalue weighted by Crippen LogP contribution is -2.33. The highest BCUT2D eigenvalue weighted by atomic mass is 79.9. The standard InChI is InChI=1S/C21H23BrN6O6S/c1-31-7-5-27-35(29,30)28-19-18(15-3-2-14-4-6-32-17(14)10-15)20(26-13-25-19)33-8-9-34-21-23-11-16(22)12-24-21/h2-3,10-13,27H,4-9H2,1H3,(H,25,26,28). The maximum Gasteiger partial charge on any atom is 0.316 e. The topological polar surface area (TPSA) is 147 Å². The van der Waals surface area contributed by atoms with Crippen LogP contribution in [0.2, 0.25) is 0 Å². The van der Waals surface area contributed by atoms with Gasteiger partial charge in [0.25, 0.3) is 10.2 Å². The van der Waals surface area contributed by atoms with Gasteiger partial charge in [-0.15, -0.1) is 0 Å². The van der Waals surface area contributed by atoms with Crippen LogP contribution in [0, 0.1) is 0 Å². The third kappa shape index (κ3) is 6.75. The van der Waals surface area contributed by atoms with Crippen LogP contribution < -0.4 is 23.7 Å². The van der Waals surface area contributed by atoms with E-state index in [1.54, 1.807) is 12.4 Å². The Hall–Kier alpha value is -3.07. The van der Waals surface area contributed by atoms with Gasteiger partial charge in [0.2, 0.25) is 5.88 Å². The average molecular weight is 567 g/mol.